The molecule has 0 radical (unpaired) electrons. The van der Waals surface area contributed by atoms with E-state index in [1.807, 2.05) is 72.8 Å². The Bertz CT molecular complexity index is 1470. The van der Waals surface area contributed by atoms with Gasteiger partial charge in [0.1, 0.15) is 11.5 Å². The molecular weight excluding hydrogens is 604 g/mol. The van der Waals surface area contributed by atoms with Gasteiger partial charge in [0, 0.05) is 23.8 Å². The molecule has 6 rings (SSSR count). The van der Waals surface area contributed by atoms with Gasteiger partial charge in [-0.1, -0.05) is 75.2 Å². The standard InChI is InChI=1S/2C14H14O3.2C6H13N/c2*1-9(14(15)16)10-3-4-12-8-13(17-2)6-5-11(12)7-10;2*7-6-4-2-1-3-5-6/h2*3-9H,1-2H3,(H,15,16);2*6H,1-5,7H2/t2*9-;;/m00../s1. The van der Waals surface area contributed by atoms with Crippen molar-refractivity contribution in [2.45, 2.75) is 102 Å². The van der Waals surface area contributed by atoms with E-state index < -0.39 is 23.8 Å². The normalized spacial score (nSPS) is 16.1. The third-order valence-electron chi connectivity index (χ3n) is 9.30. The molecule has 4 aromatic carbocycles. The minimum absolute atomic E-state index is 0.596. The summed E-state index contributed by atoms with van der Waals surface area (Å²) in [6.07, 6.45) is 14.1. The fourth-order valence-electron chi connectivity index (χ4n) is 5.92. The number of methoxy groups -OCH3 is 2. The van der Waals surface area contributed by atoms with Crippen LogP contribution in [0.2, 0.25) is 0 Å². The van der Waals surface area contributed by atoms with Crippen molar-refractivity contribution in [3.05, 3.63) is 83.9 Å². The predicted octanol–water partition coefficient (Wildman–Crippen LogP) is 4.53. The van der Waals surface area contributed by atoms with Crippen LogP contribution in [0.15, 0.2) is 72.8 Å². The zero-order valence-corrected chi connectivity index (χ0v) is 29.2. The molecule has 2 fully saturated rings. The smallest absolute Gasteiger partial charge is 0.119 e. The Kier molecular flexibility index (Phi) is 15.7. The fraction of sp³-hybridized carbons (Fsp3) is 0.450. The number of fused-ring (bicyclic) bond motifs is 2. The summed E-state index contributed by atoms with van der Waals surface area (Å²) in [7, 11) is 3.24. The number of carbonyl (C=O) groups excluding carboxylic acids is 2. The Morgan fingerprint density at radius 2 is 0.875 bits per heavy atom. The molecule has 4 aromatic rings. The Labute approximate surface area is 285 Å². The third-order valence-corrected chi connectivity index (χ3v) is 9.30. The summed E-state index contributed by atoms with van der Waals surface area (Å²) < 4.78 is 10.3. The maximum absolute atomic E-state index is 10.8. The van der Waals surface area contributed by atoms with Crippen molar-refractivity contribution in [2.75, 3.05) is 14.2 Å². The van der Waals surface area contributed by atoms with E-state index in [-0.39, 0.29) is 0 Å². The van der Waals surface area contributed by atoms with Gasteiger partial charge in [-0.2, -0.15) is 0 Å². The lowest BCUT2D eigenvalue weighted by atomic mass is 9.97. The lowest BCUT2D eigenvalue weighted by molar-refractivity contribution is -0.425. The van der Waals surface area contributed by atoms with E-state index in [0.29, 0.717) is 0 Å². The van der Waals surface area contributed by atoms with Gasteiger partial charge in [-0.05, 0) is 108 Å². The zero-order chi connectivity index (χ0) is 35.1. The Balaban J connectivity index is 0.000000188. The first kappa shape index (κ1) is 38.3. The number of carbonyl (C=O) groups is 2. The molecule has 8 nitrogen and oxygen atoms in total. The monoisotopic (exact) mass is 658 g/mol. The molecule has 2 aliphatic carbocycles. The van der Waals surface area contributed by atoms with Gasteiger partial charge in [-0.3, -0.25) is 0 Å². The molecule has 260 valence electrons. The molecule has 2 aliphatic rings. The molecule has 0 heterocycles. The first-order valence-electron chi connectivity index (χ1n) is 17.3. The van der Waals surface area contributed by atoms with Crippen molar-refractivity contribution < 1.29 is 40.7 Å². The van der Waals surface area contributed by atoms with E-state index in [0.717, 1.165) is 56.3 Å². The van der Waals surface area contributed by atoms with Crippen LogP contribution in [0.1, 0.15) is 101 Å². The zero-order valence-electron chi connectivity index (χ0n) is 29.2. The molecule has 48 heavy (non-hydrogen) atoms. The highest BCUT2D eigenvalue weighted by Gasteiger charge is 2.11. The summed E-state index contributed by atoms with van der Waals surface area (Å²) in [5.41, 5.74) is 9.50. The first-order valence-corrected chi connectivity index (χ1v) is 17.3. The summed E-state index contributed by atoms with van der Waals surface area (Å²) >= 11 is 0. The van der Waals surface area contributed by atoms with Crippen LogP contribution < -0.4 is 31.2 Å². The molecule has 2 atom stereocenters. The van der Waals surface area contributed by atoms with Crippen molar-refractivity contribution >= 4 is 33.5 Å². The molecular formula is C40H54N2O6. The number of aliphatic carboxylic acids is 2. The van der Waals surface area contributed by atoms with Gasteiger partial charge < -0.3 is 40.7 Å². The SMILES string of the molecule is COc1ccc2cc([C@H](C)C(=O)[O-])ccc2c1.COc1ccc2cc([C@H](C)C(=O)[O-])ccc2c1.[NH3+]C1CCCCC1.[NH3+]C1CCCCC1. The highest BCUT2D eigenvalue weighted by molar-refractivity contribution is 5.87. The molecule has 8 heteroatoms. The molecule has 0 spiro atoms. The van der Waals surface area contributed by atoms with E-state index in [1.165, 1.54) is 64.2 Å². The number of carboxylic acids is 2. The Hall–Kier alpha value is -4.14. The molecule has 0 bridgehead atoms. The fourth-order valence-corrected chi connectivity index (χ4v) is 5.92. The first-order chi connectivity index (χ1) is 23.0. The maximum Gasteiger partial charge on any atom is 0.119 e. The van der Waals surface area contributed by atoms with Crippen LogP contribution in [-0.2, 0) is 9.59 Å². The molecule has 0 aliphatic heterocycles. The minimum atomic E-state index is -1.06. The van der Waals surface area contributed by atoms with Crippen LogP contribution in [0.25, 0.3) is 21.5 Å². The second-order valence-corrected chi connectivity index (χ2v) is 13.0. The summed E-state index contributed by atoms with van der Waals surface area (Å²) in [5.74, 6) is -1.73. The number of hydrogen-bond acceptors (Lipinski definition) is 6. The average Bonchev–Trinajstić information content (AvgIpc) is 3.11. The molecule has 0 saturated heterocycles. The molecule has 0 amide bonds. The number of ether oxygens (including phenoxy) is 2. The Morgan fingerprint density at radius 1 is 0.562 bits per heavy atom. The van der Waals surface area contributed by atoms with Gasteiger partial charge in [-0.25, -0.2) is 0 Å². The van der Waals surface area contributed by atoms with Crippen molar-refractivity contribution in [2.24, 2.45) is 0 Å². The number of carboxylic acid groups (broad SMARTS) is 2. The lowest BCUT2D eigenvalue weighted by Crippen LogP contribution is -2.61. The van der Waals surface area contributed by atoms with E-state index in [1.54, 1.807) is 28.1 Å². The molecule has 0 aromatic heterocycles. The van der Waals surface area contributed by atoms with Gasteiger partial charge in [0.15, 0.2) is 0 Å². The third kappa shape index (κ3) is 12.1. The second kappa shape index (κ2) is 19.6. The van der Waals surface area contributed by atoms with E-state index in [9.17, 15) is 19.8 Å². The molecule has 0 unspecified atom stereocenters. The van der Waals surface area contributed by atoms with Crippen LogP contribution in [0.3, 0.4) is 0 Å². The van der Waals surface area contributed by atoms with Gasteiger partial charge in [0.25, 0.3) is 0 Å². The van der Waals surface area contributed by atoms with Crippen LogP contribution in [0.5, 0.6) is 11.5 Å². The number of benzene rings is 4. The van der Waals surface area contributed by atoms with Gasteiger partial charge in [-0.15, -0.1) is 0 Å². The minimum Gasteiger partial charge on any atom is -0.550 e. The summed E-state index contributed by atoms with van der Waals surface area (Å²) in [6, 6.07) is 24.1. The van der Waals surface area contributed by atoms with E-state index in [4.69, 9.17) is 9.47 Å². The van der Waals surface area contributed by atoms with Gasteiger partial charge >= 0.3 is 0 Å². The van der Waals surface area contributed by atoms with Gasteiger partial charge in [0.05, 0.1) is 26.3 Å². The van der Waals surface area contributed by atoms with Crippen LogP contribution in [0, 0.1) is 0 Å². The maximum atomic E-state index is 10.8. The van der Waals surface area contributed by atoms with Gasteiger partial charge in [0.2, 0.25) is 0 Å². The summed E-state index contributed by atoms with van der Waals surface area (Å²) in [5, 5.41) is 25.7. The topological polar surface area (TPSA) is 154 Å². The summed E-state index contributed by atoms with van der Waals surface area (Å²) in [4.78, 5) is 21.6. The predicted molar refractivity (Wildman–Crippen MR) is 187 cm³/mol. The van der Waals surface area contributed by atoms with E-state index >= 15 is 0 Å². The second-order valence-electron chi connectivity index (χ2n) is 13.0. The Morgan fingerprint density at radius 3 is 1.15 bits per heavy atom. The number of hydrogen-bond donors (Lipinski definition) is 2. The van der Waals surface area contributed by atoms with Crippen molar-refractivity contribution in [1.82, 2.24) is 0 Å². The van der Waals surface area contributed by atoms with Crippen molar-refractivity contribution in [1.29, 1.82) is 0 Å². The van der Waals surface area contributed by atoms with Crippen molar-refractivity contribution in [3.8, 4) is 11.5 Å². The summed E-state index contributed by atoms with van der Waals surface area (Å²) in [6.45, 7) is 3.25. The van der Waals surface area contributed by atoms with Crippen LogP contribution >= 0.6 is 0 Å². The van der Waals surface area contributed by atoms with E-state index in [2.05, 4.69) is 11.5 Å². The number of rotatable bonds is 6. The average molecular weight is 659 g/mol. The van der Waals surface area contributed by atoms with Crippen LogP contribution in [0.4, 0.5) is 0 Å². The van der Waals surface area contributed by atoms with Crippen molar-refractivity contribution in [3.63, 3.8) is 0 Å². The quantitative estimate of drug-likeness (QED) is 0.311. The largest absolute Gasteiger partial charge is 0.550 e. The molecule has 6 N–H and O–H groups in total. The highest BCUT2D eigenvalue weighted by atomic mass is 16.5. The highest BCUT2D eigenvalue weighted by Crippen LogP contribution is 2.26. The number of quaternary nitrogens is 2. The molecule has 2 saturated carbocycles. The lowest BCUT2D eigenvalue weighted by Gasteiger charge is -2.13. The van der Waals surface area contributed by atoms with Crippen LogP contribution in [-0.4, -0.2) is 38.2 Å².